The molecule has 174 valence electrons. The Bertz CT molecular complexity index is 974. The summed E-state index contributed by atoms with van der Waals surface area (Å²) in [7, 11) is -4.09. The Hall–Kier alpha value is -1.56. The third-order valence-electron chi connectivity index (χ3n) is 4.88. The Kier molecular flexibility index (Phi) is 8.60. The first-order valence-electron chi connectivity index (χ1n) is 10.1. The van der Waals surface area contributed by atoms with Gasteiger partial charge in [0.25, 0.3) is 0 Å². The largest absolute Gasteiger partial charge is 0.417 e. The highest BCUT2D eigenvalue weighted by molar-refractivity contribution is 7.91. The van der Waals surface area contributed by atoms with Crippen LogP contribution in [-0.2, 0) is 21.6 Å². The first kappa shape index (κ1) is 25.7. The van der Waals surface area contributed by atoms with Gasteiger partial charge in [0.15, 0.2) is 9.84 Å². The zero-order valence-electron chi connectivity index (χ0n) is 17.6. The predicted molar refractivity (Wildman–Crippen MR) is 114 cm³/mol. The number of sulfone groups is 1. The third kappa shape index (κ3) is 6.71. The van der Waals surface area contributed by atoms with E-state index in [1.165, 1.54) is 13.0 Å². The highest BCUT2D eigenvalue weighted by Gasteiger charge is 2.37. The summed E-state index contributed by atoms with van der Waals surface area (Å²) in [6.07, 6.45) is 0.0981. The normalized spacial score (nSPS) is 14.5. The molecule has 0 saturated carbocycles. The van der Waals surface area contributed by atoms with E-state index in [1.807, 2.05) is 0 Å². The van der Waals surface area contributed by atoms with Gasteiger partial charge in [0.2, 0.25) is 0 Å². The smallest absolute Gasteiger partial charge is 0.394 e. The van der Waals surface area contributed by atoms with Gasteiger partial charge < -0.3 is 10.8 Å². The van der Waals surface area contributed by atoms with E-state index in [4.69, 9.17) is 5.73 Å². The van der Waals surface area contributed by atoms with E-state index < -0.39 is 38.6 Å². The number of nitrogens with zero attached hydrogens (tertiary/aromatic N) is 2. The first-order valence-corrected chi connectivity index (χ1v) is 12.6. The van der Waals surface area contributed by atoms with Crippen LogP contribution in [0.3, 0.4) is 0 Å². The van der Waals surface area contributed by atoms with Crippen LogP contribution in [0.5, 0.6) is 0 Å². The summed E-state index contributed by atoms with van der Waals surface area (Å²) in [4.78, 5) is -0.721. The molecule has 0 spiro atoms. The molecular weight excluding hydrogens is 451 g/mol. The summed E-state index contributed by atoms with van der Waals surface area (Å²) in [6, 6.07) is 3.06. The van der Waals surface area contributed by atoms with E-state index in [0.29, 0.717) is 12.8 Å². The van der Waals surface area contributed by atoms with Crippen molar-refractivity contribution in [1.29, 1.82) is 0 Å². The Morgan fingerprint density at radius 1 is 1.10 bits per heavy atom. The van der Waals surface area contributed by atoms with Crippen molar-refractivity contribution in [2.75, 3.05) is 12.4 Å². The molecule has 2 aromatic rings. The van der Waals surface area contributed by atoms with E-state index in [1.54, 1.807) is 0 Å². The molecule has 0 saturated heterocycles. The summed E-state index contributed by atoms with van der Waals surface area (Å²) in [5.74, 6) is -0.327. The van der Waals surface area contributed by atoms with Gasteiger partial charge in [-0.3, -0.25) is 0 Å². The monoisotopic (exact) mass is 479 g/mol. The number of benzene rings is 1. The van der Waals surface area contributed by atoms with Crippen LogP contribution < -0.4 is 5.73 Å². The van der Waals surface area contributed by atoms with Gasteiger partial charge in [-0.2, -0.15) is 13.2 Å². The first-order chi connectivity index (χ1) is 14.4. The average molecular weight is 480 g/mol. The summed E-state index contributed by atoms with van der Waals surface area (Å²) in [5, 5.41) is 17.5. The highest BCUT2D eigenvalue weighted by atomic mass is 32.2. The fourth-order valence-corrected chi connectivity index (χ4v) is 5.45. The molecule has 0 unspecified atom stereocenters. The maximum Gasteiger partial charge on any atom is 0.417 e. The van der Waals surface area contributed by atoms with Gasteiger partial charge in [0.1, 0.15) is 10.0 Å². The number of rotatable bonds is 11. The molecule has 1 atom stereocenters. The molecular formula is C20H28F3N3O3S2. The maximum atomic E-state index is 13.7. The molecule has 0 aliphatic heterocycles. The maximum absolute atomic E-state index is 13.7. The van der Waals surface area contributed by atoms with Gasteiger partial charge in [0.05, 0.1) is 28.4 Å². The van der Waals surface area contributed by atoms with E-state index in [-0.39, 0.29) is 21.3 Å². The Balaban J connectivity index is 2.30. The lowest BCUT2D eigenvalue weighted by Gasteiger charge is -2.17. The molecule has 0 bridgehead atoms. The number of nitrogens with two attached hydrogens (primary N) is 1. The number of hydrogen-bond acceptors (Lipinski definition) is 7. The molecule has 3 N–H and O–H groups in total. The fraction of sp³-hybridized carbons (Fsp3) is 0.600. The van der Waals surface area contributed by atoms with Crippen LogP contribution in [0.25, 0.3) is 10.6 Å². The molecule has 1 heterocycles. The number of hydrogen-bond donors (Lipinski definition) is 2. The van der Waals surface area contributed by atoms with Gasteiger partial charge in [-0.05, 0) is 25.5 Å². The third-order valence-corrected chi connectivity index (χ3v) is 7.98. The Morgan fingerprint density at radius 3 is 2.35 bits per heavy atom. The van der Waals surface area contributed by atoms with Gasteiger partial charge >= 0.3 is 6.18 Å². The molecule has 0 fully saturated rings. The van der Waals surface area contributed by atoms with Crippen molar-refractivity contribution in [2.24, 2.45) is 5.73 Å². The van der Waals surface area contributed by atoms with Crippen LogP contribution in [-0.4, -0.2) is 36.1 Å². The van der Waals surface area contributed by atoms with Crippen molar-refractivity contribution < 1.29 is 26.7 Å². The van der Waals surface area contributed by atoms with Crippen molar-refractivity contribution in [3.8, 4) is 10.6 Å². The van der Waals surface area contributed by atoms with Crippen molar-refractivity contribution in [1.82, 2.24) is 10.2 Å². The minimum Gasteiger partial charge on any atom is -0.394 e. The number of halogens is 3. The summed E-state index contributed by atoms with van der Waals surface area (Å²) in [5.41, 5.74) is 3.58. The molecule has 0 amide bonds. The summed E-state index contributed by atoms with van der Waals surface area (Å²) < 4.78 is 66.4. The second-order valence-corrected chi connectivity index (χ2v) is 10.8. The van der Waals surface area contributed by atoms with E-state index in [2.05, 4.69) is 17.1 Å². The summed E-state index contributed by atoms with van der Waals surface area (Å²) in [6.45, 7) is 3.18. The second kappa shape index (κ2) is 10.4. The summed E-state index contributed by atoms with van der Waals surface area (Å²) >= 11 is 0.949. The zero-order valence-corrected chi connectivity index (χ0v) is 19.2. The molecule has 2 rings (SSSR count). The lowest BCUT2D eigenvalue weighted by Crippen LogP contribution is -2.36. The van der Waals surface area contributed by atoms with Crippen molar-refractivity contribution in [3.05, 3.63) is 28.8 Å². The number of aliphatic hydroxyl groups excluding tert-OH is 1. The van der Waals surface area contributed by atoms with Gasteiger partial charge in [-0.1, -0.05) is 56.4 Å². The van der Waals surface area contributed by atoms with E-state index in [0.717, 1.165) is 49.2 Å². The molecule has 11 heteroatoms. The second-order valence-electron chi connectivity index (χ2n) is 7.78. The van der Waals surface area contributed by atoms with Gasteiger partial charge in [-0.15, -0.1) is 10.2 Å². The quantitative estimate of drug-likeness (QED) is 0.459. The van der Waals surface area contributed by atoms with Crippen LogP contribution in [0.1, 0.15) is 62.9 Å². The van der Waals surface area contributed by atoms with Gasteiger partial charge in [0, 0.05) is 5.56 Å². The van der Waals surface area contributed by atoms with E-state index >= 15 is 0 Å². The van der Waals surface area contributed by atoms with Crippen LogP contribution in [0, 0.1) is 0 Å². The average Bonchev–Trinajstić information content (AvgIpc) is 3.20. The van der Waals surface area contributed by atoms with Crippen molar-refractivity contribution in [3.63, 3.8) is 0 Å². The Labute approximate surface area is 184 Å². The molecule has 0 aliphatic carbocycles. The van der Waals surface area contributed by atoms with E-state index in [9.17, 15) is 26.7 Å². The Morgan fingerprint density at radius 2 is 1.74 bits per heavy atom. The molecule has 1 aromatic heterocycles. The standard InChI is InChI=1S/C20H28F3N3O3S2/c1-3-4-5-6-7-8-11-31(28,29)16-10-9-14(12-15(16)20(21,22)23)17-25-26-18(30-17)19(2,24)13-27/h9-10,12,27H,3-8,11,13,24H2,1-2H3/t19-/m0/s1. The number of aliphatic hydroxyl groups is 1. The zero-order chi connectivity index (χ0) is 23.3. The SMILES string of the molecule is CCCCCCCCS(=O)(=O)c1ccc(-c2nnc([C@@](C)(N)CO)s2)cc1C(F)(F)F. The van der Waals surface area contributed by atoms with Crippen LogP contribution in [0.4, 0.5) is 13.2 Å². The topological polar surface area (TPSA) is 106 Å². The number of unbranched alkanes of at least 4 members (excludes halogenated alkanes) is 5. The molecule has 1 aromatic carbocycles. The van der Waals surface area contributed by atoms with Crippen LogP contribution in [0.2, 0.25) is 0 Å². The fourth-order valence-electron chi connectivity index (χ4n) is 2.98. The lowest BCUT2D eigenvalue weighted by molar-refractivity contribution is -0.139. The molecule has 0 aliphatic rings. The molecule has 31 heavy (non-hydrogen) atoms. The minimum atomic E-state index is -4.85. The highest BCUT2D eigenvalue weighted by Crippen LogP contribution is 2.38. The minimum absolute atomic E-state index is 0.0864. The molecule has 0 radical (unpaired) electrons. The molecule has 6 nitrogen and oxygen atoms in total. The number of aromatic nitrogens is 2. The van der Waals surface area contributed by atoms with Crippen molar-refractivity contribution >= 4 is 21.2 Å². The van der Waals surface area contributed by atoms with Crippen LogP contribution in [0.15, 0.2) is 23.1 Å². The number of alkyl halides is 3. The van der Waals surface area contributed by atoms with Crippen LogP contribution >= 0.6 is 11.3 Å². The lowest BCUT2D eigenvalue weighted by atomic mass is 10.1. The van der Waals surface area contributed by atoms with Gasteiger partial charge in [-0.25, -0.2) is 8.42 Å². The van der Waals surface area contributed by atoms with Crippen molar-refractivity contribution in [2.45, 2.75) is 69.0 Å². The predicted octanol–water partition coefficient (Wildman–Crippen LogP) is 4.52.